The van der Waals surface area contributed by atoms with Crippen LogP contribution in [0.5, 0.6) is 0 Å². The third kappa shape index (κ3) is 6.99. The first-order valence-electron chi connectivity index (χ1n) is 16.8. The normalized spacial score (nSPS) is 13.9. The molecule has 1 atom stereocenters. The molecular weight excluding hydrogens is 799 g/mol. The molecule has 0 fully saturated rings. The van der Waals surface area contributed by atoms with E-state index in [2.05, 4.69) is 14.7 Å². The minimum absolute atomic E-state index is 0.130. The summed E-state index contributed by atoms with van der Waals surface area (Å²) >= 11 is 12.3. The lowest BCUT2D eigenvalue weighted by atomic mass is 9.95. The van der Waals surface area contributed by atoms with Gasteiger partial charge in [0.05, 0.1) is 39.7 Å². The van der Waals surface area contributed by atoms with Crippen LogP contribution in [-0.2, 0) is 19.0 Å². The summed E-state index contributed by atoms with van der Waals surface area (Å²) in [4.78, 5) is 61.0. The van der Waals surface area contributed by atoms with Gasteiger partial charge < -0.3 is 30.6 Å². The smallest absolute Gasteiger partial charge is 0.358 e. The molecule has 0 aliphatic carbocycles. The molecule has 13 nitrogen and oxygen atoms in total. The number of pyridine rings is 2. The molecule has 1 aliphatic heterocycles. The molecule has 4 N–H and O–H groups in total. The molecule has 19 heteroatoms. The summed E-state index contributed by atoms with van der Waals surface area (Å²) in [5.41, 5.74) is 5.36. The van der Waals surface area contributed by atoms with E-state index in [1.165, 1.54) is 37.6 Å². The van der Waals surface area contributed by atoms with Crippen LogP contribution in [0.1, 0.15) is 58.0 Å². The van der Waals surface area contributed by atoms with Gasteiger partial charge in [-0.25, -0.2) is 37.1 Å². The van der Waals surface area contributed by atoms with Gasteiger partial charge >= 0.3 is 11.9 Å². The lowest BCUT2D eigenvalue weighted by molar-refractivity contribution is -0.122. The maximum Gasteiger partial charge on any atom is 0.358 e. The van der Waals surface area contributed by atoms with E-state index in [9.17, 15) is 19.2 Å². The molecule has 0 bridgehead atoms. The number of aromatic nitrogens is 3. The highest BCUT2D eigenvalue weighted by Crippen LogP contribution is 2.44. The molecular formula is C38H32Cl2F4N6O7. The lowest BCUT2D eigenvalue weighted by Crippen LogP contribution is -2.34. The maximum absolute atomic E-state index is 16.5. The fourth-order valence-electron chi connectivity index (χ4n) is 6.34. The van der Waals surface area contributed by atoms with E-state index < -0.39 is 127 Å². The summed E-state index contributed by atoms with van der Waals surface area (Å²) in [7, 11) is 2.25. The highest BCUT2D eigenvalue weighted by atomic mass is 35.5. The number of amides is 1. The summed E-state index contributed by atoms with van der Waals surface area (Å²) in [5, 5.41) is -0.863. The van der Waals surface area contributed by atoms with E-state index >= 15 is 17.6 Å². The van der Waals surface area contributed by atoms with Gasteiger partial charge in [-0.3, -0.25) is 14.2 Å². The summed E-state index contributed by atoms with van der Waals surface area (Å²) in [6.07, 6.45) is 1.38. The molecule has 1 unspecified atom stereocenters. The van der Waals surface area contributed by atoms with Crippen LogP contribution in [0.2, 0.25) is 10.0 Å². The second kappa shape index (κ2) is 15.3. The Bertz CT molecular complexity index is 2540. The fraction of sp³-hybridized carbons (Fsp3) is 0.263. The average molecular weight is 832 g/mol. The number of carbonyl (C=O) groups excluding carboxylic acids is 4. The number of benzene rings is 2. The van der Waals surface area contributed by atoms with Gasteiger partial charge in [-0.2, -0.15) is 0 Å². The lowest BCUT2D eigenvalue weighted by Gasteiger charge is -2.19. The van der Waals surface area contributed by atoms with Crippen molar-refractivity contribution in [1.82, 2.24) is 14.5 Å². The molecule has 6 rings (SSSR count). The van der Waals surface area contributed by atoms with Crippen LogP contribution in [0.15, 0.2) is 36.5 Å². The first kappa shape index (κ1) is 40.9. The van der Waals surface area contributed by atoms with Crippen LogP contribution in [0.3, 0.4) is 0 Å². The number of ether oxygens (including phenoxy) is 3. The maximum atomic E-state index is 16.5. The Hall–Kier alpha value is -5.78. The number of carbonyl (C=O) groups is 4. The topological polar surface area (TPSA) is 182 Å². The van der Waals surface area contributed by atoms with Gasteiger partial charge in [0.1, 0.15) is 24.6 Å². The van der Waals surface area contributed by atoms with Crippen LogP contribution in [-0.4, -0.2) is 72.3 Å². The van der Waals surface area contributed by atoms with Crippen LogP contribution < -0.4 is 16.4 Å². The van der Waals surface area contributed by atoms with Gasteiger partial charge in [0, 0.05) is 47.7 Å². The van der Waals surface area contributed by atoms with E-state index in [0.29, 0.717) is 5.39 Å². The third-order valence-corrected chi connectivity index (χ3v) is 9.97. The second-order valence-electron chi connectivity index (χ2n) is 13.9. The first-order valence-corrected chi connectivity index (χ1v) is 17.6. The monoisotopic (exact) mass is 830 g/mol. The number of hydrogen-bond acceptors (Lipinski definition) is 11. The van der Waals surface area contributed by atoms with Gasteiger partial charge in [-0.1, -0.05) is 56.1 Å². The molecule has 0 radical (unpaired) electrons. The standard InChI is InChI=1S/C38H32Cl2F4N6O7/c1-38(2,3)37(54)49-11-10-15-6-7-18(23(41)33(15)49)29-26(44)28(46)22(40)32(48-29)36(53)57-13-16-12-50(20(51)14-55-4)34-17(16)8-9-19(24(34)42)30-25(43)27(45)21(39)31(47-30)35(52)56-5/h6-11,16H,12-14H2,1-5H3,(H2,45,47)(H2,46,48). The van der Waals surface area contributed by atoms with E-state index in [4.69, 9.17) is 44.1 Å². The van der Waals surface area contributed by atoms with Crippen molar-refractivity contribution in [1.29, 1.82) is 0 Å². The van der Waals surface area contributed by atoms with Gasteiger partial charge in [0.25, 0.3) is 5.91 Å². The molecule has 4 heterocycles. The minimum Gasteiger partial charge on any atom is -0.464 e. The van der Waals surface area contributed by atoms with Gasteiger partial charge in [0.15, 0.2) is 34.7 Å². The summed E-state index contributed by atoms with van der Waals surface area (Å²) in [5.74, 6) is -9.07. The molecule has 0 saturated heterocycles. The minimum atomic E-state index is -1.25. The summed E-state index contributed by atoms with van der Waals surface area (Å²) in [6.45, 7) is 3.63. The number of hydrogen-bond donors (Lipinski definition) is 2. The van der Waals surface area contributed by atoms with Crippen LogP contribution in [0.25, 0.3) is 33.4 Å². The third-order valence-electron chi connectivity index (χ3n) is 9.20. The predicted octanol–water partition coefficient (Wildman–Crippen LogP) is 7.20. The van der Waals surface area contributed by atoms with E-state index in [0.717, 1.165) is 22.6 Å². The molecule has 1 aliphatic rings. The Morgan fingerprint density at radius 1 is 0.825 bits per heavy atom. The van der Waals surface area contributed by atoms with Crippen molar-refractivity contribution in [2.24, 2.45) is 5.41 Å². The molecule has 0 saturated carbocycles. The highest BCUT2D eigenvalue weighted by Gasteiger charge is 2.38. The zero-order valence-corrected chi connectivity index (χ0v) is 32.2. The number of nitrogen functional groups attached to an aromatic ring is 2. The van der Waals surface area contributed by atoms with Gasteiger partial charge in [0.2, 0.25) is 5.91 Å². The molecule has 57 heavy (non-hydrogen) atoms. The van der Waals surface area contributed by atoms with E-state index in [1.807, 2.05) is 0 Å². The zero-order valence-electron chi connectivity index (χ0n) is 30.7. The fourth-order valence-corrected chi connectivity index (χ4v) is 6.74. The number of nitrogens with two attached hydrogens (primary N) is 2. The Balaban J connectivity index is 1.36. The van der Waals surface area contributed by atoms with Crippen molar-refractivity contribution in [3.8, 4) is 22.5 Å². The van der Waals surface area contributed by atoms with Crippen molar-refractivity contribution in [2.75, 3.05) is 50.3 Å². The van der Waals surface area contributed by atoms with E-state index in [1.54, 1.807) is 20.8 Å². The second-order valence-corrected chi connectivity index (χ2v) is 14.7. The highest BCUT2D eigenvalue weighted by molar-refractivity contribution is 6.36. The first-order chi connectivity index (χ1) is 26.8. The number of methoxy groups -OCH3 is 2. The molecule has 2 aromatic carbocycles. The number of rotatable bonds is 8. The Labute approximate surface area is 331 Å². The number of fused-ring (bicyclic) bond motifs is 2. The Morgan fingerprint density at radius 3 is 1.95 bits per heavy atom. The Morgan fingerprint density at radius 2 is 1.39 bits per heavy atom. The van der Waals surface area contributed by atoms with Crippen molar-refractivity contribution in [3.05, 3.63) is 86.8 Å². The van der Waals surface area contributed by atoms with Crippen LogP contribution >= 0.6 is 23.2 Å². The average Bonchev–Trinajstić information content (AvgIpc) is 3.78. The number of nitrogens with zero attached hydrogens (tertiary/aromatic N) is 4. The number of esters is 2. The molecule has 1 amide bonds. The van der Waals surface area contributed by atoms with Gasteiger partial charge in [-0.15, -0.1) is 0 Å². The van der Waals surface area contributed by atoms with Crippen molar-refractivity contribution in [2.45, 2.75) is 26.7 Å². The van der Waals surface area contributed by atoms with Crippen molar-refractivity contribution in [3.63, 3.8) is 0 Å². The number of halogens is 6. The molecule has 298 valence electrons. The molecule has 0 spiro atoms. The zero-order chi connectivity index (χ0) is 41.8. The van der Waals surface area contributed by atoms with Crippen molar-refractivity contribution < 1.29 is 51.0 Å². The quantitative estimate of drug-likeness (QED) is 0.119. The summed E-state index contributed by atoms with van der Waals surface area (Å²) < 4.78 is 79.9. The number of anilines is 3. The Kier molecular flexibility index (Phi) is 11.0. The molecule has 3 aromatic heterocycles. The molecule has 5 aromatic rings. The van der Waals surface area contributed by atoms with Crippen LogP contribution in [0.4, 0.5) is 34.6 Å². The SMILES string of the molecule is COCC(=O)N1CC(COC(=O)c2nc(-c3ccc4ccn(C(=O)C(C)(C)C)c4c3F)c(F)c(N)c2Cl)c2ccc(-c3nc(C(=O)OC)c(Cl)c(N)c3F)c(F)c21. The van der Waals surface area contributed by atoms with Crippen LogP contribution in [0, 0.1) is 28.7 Å². The van der Waals surface area contributed by atoms with Crippen molar-refractivity contribution >= 4 is 74.9 Å². The summed E-state index contributed by atoms with van der Waals surface area (Å²) in [6, 6.07) is 6.60. The van der Waals surface area contributed by atoms with E-state index in [-0.39, 0.29) is 23.3 Å². The largest absolute Gasteiger partial charge is 0.464 e. The predicted molar refractivity (Wildman–Crippen MR) is 202 cm³/mol. The van der Waals surface area contributed by atoms with Gasteiger partial charge in [-0.05, 0) is 23.8 Å².